The first kappa shape index (κ1) is 11.9. The van der Waals surface area contributed by atoms with Gasteiger partial charge in [-0.15, -0.1) is 0 Å². The molecular weight excluding hydrogens is 216 g/mol. The number of hydrogen-bond acceptors (Lipinski definition) is 4. The van der Waals surface area contributed by atoms with Crippen molar-refractivity contribution in [1.29, 1.82) is 0 Å². The molecule has 2 rings (SSSR count). The van der Waals surface area contributed by atoms with Crippen LogP contribution in [0.5, 0.6) is 0 Å². The second kappa shape index (κ2) is 4.71. The molecule has 0 unspecified atom stereocenters. The number of carbonyl (C=O) groups excluding carboxylic acids is 1. The van der Waals surface area contributed by atoms with E-state index in [0.29, 0.717) is 17.4 Å². The molecule has 0 saturated heterocycles. The average Bonchev–Trinajstić information content (AvgIpc) is 2.26. The summed E-state index contributed by atoms with van der Waals surface area (Å²) in [6.07, 6.45) is 2.13. The van der Waals surface area contributed by atoms with Crippen LogP contribution in [-0.2, 0) is 0 Å². The number of carbonyl (C=O) groups is 1. The Kier molecular flexibility index (Phi) is 3.28. The summed E-state index contributed by atoms with van der Waals surface area (Å²) in [5.41, 5.74) is 3.83. The van der Waals surface area contributed by atoms with Crippen molar-refractivity contribution in [3.05, 3.63) is 23.4 Å². The fourth-order valence-electron chi connectivity index (χ4n) is 2.16. The second-order valence-electron chi connectivity index (χ2n) is 4.77. The third-order valence-electron chi connectivity index (χ3n) is 3.07. The minimum Gasteiger partial charge on any atom is -0.349 e. The Bertz CT molecular complexity index is 427. The van der Waals surface area contributed by atoms with Gasteiger partial charge in [-0.05, 0) is 37.8 Å². The molecule has 5 heteroatoms. The summed E-state index contributed by atoms with van der Waals surface area (Å²) in [6, 6.07) is 3.74. The number of aromatic nitrogens is 1. The van der Waals surface area contributed by atoms with Crippen LogP contribution in [0.15, 0.2) is 12.1 Å². The fraction of sp³-hybridized carbons (Fsp3) is 0.500. The molecule has 1 heterocycles. The zero-order valence-corrected chi connectivity index (χ0v) is 10.2. The van der Waals surface area contributed by atoms with Crippen molar-refractivity contribution in [2.45, 2.75) is 32.7 Å². The molecule has 0 atom stereocenters. The quantitative estimate of drug-likeness (QED) is 0.542. The van der Waals surface area contributed by atoms with E-state index in [0.717, 1.165) is 24.5 Å². The van der Waals surface area contributed by atoms with Gasteiger partial charge < -0.3 is 10.7 Å². The highest BCUT2D eigenvalue weighted by atomic mass is 16.1. The molecule has 1 saturated carbocycles. The van der Waals surface area contributed by atoms with E-state index < -0.39 is 0 Å². The first-order valence-corrected chi connectivity index (χ1v) is 5.84. The van der Waals surface area contributed by atoms with Gasteiger partial charge in [0.15, 0.2) is 0 Å². The van der Waals surface area contributed by atoms with Crippen molar-refractivity contribution in [3.63, 3.8) is 0 Å². The Morgan fingerprint density at radius 1 is 1.47 bits per heavy atom. The van der Waals surface area contributed by atoms with Crippen LogP contribution in [0.2, 0.25) is 0 Å². The van der Waals surface area contributed by atoms with Gasteiger partial charge in [0, 0.05) is 17.3 Å². The summed E-state index contributed by atoms with van der Waals surface area (Å²) >= 11 is 0. The molecule has 0 spiro atoms. The number of hydrogen-bond donors (Lipinski definition) is 3. The molecule has 0 radical (unpaired) electrons. The number of rotatable bonds is 3. The average molecular weight is 234 g/mol. The van der Waals surface area contributed by atoms with Gasteiger partial charge in [0.25, 0.3) is 5.91 Å². The molecule has 1 aliphatic rings. The summed E-state index contributed by atoms with van der Waals surface area (Å²) in [6.45, 7) is 4.03. The molecule has 1 aliphatic carbocycles. The highest BCUT2D eigenvalue weighted by Gasteiger charge is 2.26. The highest BCUT2D eigenvalue weighted by Crippen LogP contribution is 2.26. The van der Waals surface area contributed by atoms with Crippen LogP contribution in [0.4, 0.5) is 5.82 Å². The molecule has 5 nitrogen and oxygen atoms in total. The topological polar surface area (TPSA) is 80.0 Å². The molecule has 17 heavy (non-hydrogen) atoms. The maximum atomic E-state index is 12.0. The van der Waals surface area contributed by atoms with Crippen LogP contribution in [0, 0.1) is 12.8 Å². The van der Waals surface area contributed by atoms with Crippen LogP contribution in [0.1, 0.15) is 35.8 Å². The van der Waals surface area contributed by atoms with Gasteiger partial charge in [-0.3, -0.25) is 4.79 Å². The van der Waals surface area contributed by atoms with Gasteiger partial charge in [0.05, 0.1) is 0 Å². The number of anilines is 1. The number of amides is 1. The molecule has 0 aromatic carbocycles. The van der Waals surface area contributed by atoms with E-state index in [1.807, 2.05) is 6.92 Å². The van der Waals surface area contributed by atoms with Gasteiger partial charge >= 0.3 is 0 Å². The molecule has 0 aliphatic heterocycles. The Morgan fingerprint density at radius 3 is 2.76 bits per heavy atom. The van der Waals surface area contributed by atoms with Crippen molar-refractivity contribution in [2.24, 2.45) is 11.8 Å². The smallest absolute Gasteiger partial charge is 0.251 e. The molecule has 1 aromatic heterocycles. The lowest BCUT2D eigenvalue weighted by Gasteiger charge is -2.33. The Morgan fingerprint density at radius 2 is 2.18 bits per heavy atom. The lowest BCUT2D eigenvalue weighted by atomic mass is 9.82. The minimum absolute atomic E-state index is 0.0519. The van der Waals surface area contributed by atoms with Gasteiger partial charge in [-0.1, -0.05) is 6.92 Å². The van der Waals surface area contributed by atoms with Crippen LogP contribution < -0.4 is 16.6 Å². The molecule has 0 bridgehead atoms. The number of aryl methyl sites for hydroxylation is 1. The highest BCUT2D eigenvalue weighted by molar-refractivity contribution is 5.95. The van der Waals surface area contributed by atoms with E-state index in [1.165, 1.54) is 0 Å². The normalized spacial score (nSPS) is 22.8. The zero-order chi connectivity index (χ0) is 12.4. The molecule has 92 valence electrons. The maximum absolute atomic E-state index is 12.0. The van der Waals surface area contributed by atoms with E-state index in [-0.39, 0.29) is 5.91 Å². The molecule has 1 aromatic rings. The second-order valence-corrected chi connectivity index (χ2v) is 4.77. The SMILES string of the molecule is Cc1cc(C(=O)NC2CC(C)C2)cc(NN)n1. The first-order valence-electron chi connectivity index (χ1n) is 5.84. The van der Waals surface area contributed by atoms with Gasteiger partial charge in [0.2, 0.25) is 0 Å². The Balaban J connectivity index is 2.05. The Labute approximate surface area is 101 Å². The van der Waals surface area contributed by atoms with Gasteiger partial charge in [-0.2, -0.15) is 0 Å². The first-order chi connectivity index (χ1) is 8.08. The zero-order valence-electron chi connectivity index (χ0n) is 10.2. The van der Waals surface area contributed by atoms with E-state index in [1.54, 1.807) is 12.1 Å². The number of nitrogens with two attached hydrogens (primary N) is 1. The lowest BCUT2D eigenvalue weighted by Crippen LogP contribution is -2.43. The monoisotopic (exact) mass is 234 g/mol. The van der Waals surface area contributed by atoms with E-state index in [2.05, 4.69) is 22.7 Å². The predicted octanol–water partition coefficient (Wildman–Crippen LogP) is 1.20. The fourth-order valence-corrected chi connectivity index (χ4v) is 2.16. The lowest BCUT2D eigenvalue weighted by molar-refractivity contribution is 0.0896. The molecule has 1 amide bonds. The standard InChI is InChI=1S/C12H18N4O/c1-7-3-10(4-7)15-12(17)9-5-8(2)14-11(6-9)16-13/h5-7,10H,3-4,13H2,1-2H3,(H,14,16)(H,15,17). The number of hydrazine groups is 1. The van der Waals surface area contributed by atoms with E-state index >= 15 is 0 Å². The number of pyridine rings is 1. The third kappa shape index (κ3) is 2.74. The van der Waals surface area contributed by atoms with Gasteiger partial charge in [-0.25, -0.2) is 10.8 Å². The van der Waals surface area contributed by atoms with Crippen LogP contribution >= 0.6 is 0 Å². The largest absolute Gasteiger partial charge is 0.349 e. The summed E-state index contributed by atoms with van der Waals surface area (Å²) in [7, 11) is 0. The van der Waals surface area contributed by atoms with Crippen molar-refractivity contribution in [1.82, 2.24) is 10.3 Å². The summed E-state index contributed by atoms with van der Waals surface area (Å²) in [4.78, 5) is 16.1. The summed E-state index contributed by atoms with van der Waals surface area (Å²) in [5.74, 6) is 6.48. The van der Waals surface area contributed by atoms with E-state index in [9.17, 15) is 4.79 Å². The van der Waals surface area contributed by atoms with Crippen molar-refractivity contribution < 1.29 is 4.79 Å². The van der Waals surface area contributed by atoms with Crippen LogP contribution in [-0.4, -0.2) is 16.9 Å². The van der Waals surface area contributed by atoms with Crippen LogP contribution in [0.3, 0.4) is 0 Å². The third-order valence-corrected chi connectivity index (χ3v) is 3.07. The van der Waals surface area contributed by atoms with Crippen LogP contribution in [0.25, 0.3) is 0 Å². The van der Waals surface area contributed by atoms with Crippen molar-refractivity contribution in [2.75, 3.05) is 5.43 Å². The van der Waals surface area contributed by atoms with Crippen molar-refractivity contribution >= 4 is 11.7 Å². The predicted molar refractivity (Wildman–Crippen MR) is 66.4 cm³/mol. The molecular formula is C12H18N4O. The number of nitrogens with zero attached hydrogens (tertiary/aromatic N) is 1. The summed E-state index contributed by atoms with van der Waals surface area (Å²) in [5, 5.41) is 3.01. The Hall–Kier alpha value is -1.62. The summed E-state index contributed by atoms with van der Waals surface area (Å²) < 4.78 is 0. The van der Waals surface area contributed by atoms with E-state index in [4.69, 9.17) is 5.84 Å². The van der Waals surface area contributed by atoms with Gasteiger partial charge in [0.1, 0.15) is 5.82 Å². The minimum atomic E-state index is -0.0519. The van der Waals surface area contributed by atoms with Crippen molar-refractivity contribution in [3.8, 4) is 0 Å². The molecule has 1 fully saturated rings. The number of nitrogen functional groups attached to an aromatic ring is 1. The number of nitrogens with one attached hydrogen (secondary N) is 2. The molecule has 4 N–H and O–H groups in total. The maximum Gasteiger partial charge on any atom is 0.251 e.